The topological polar surface area (TPSA) is 46.3 Å². The molecule has 0 radical (unpaired) electrons. The third-order valence-corrected chi connectivity index (χ3v) is 4.25. The van der Waals surface area contributed by atoms with Crippen molar-refractivity contribution in [1.82, 2.24) is 4.90 Å². The van der Waals surface area contributed by atoms with Gasteiger partial charge >= 0.3 is 0 Å². The molecular weight excluding hydrogens is 304 g/mol. The van der Waals surface area contributed by atoms with Gasteiger partial charge in [0, 0.05) is 29.5 Å². The number of aryl methyl sites for hydroxylation is 1. The van der Waals surface area contributed by atoms with Crippen molar-refractivity contribution in [2.24, 2.45) is 5.73 Å². The molecule has 4 heteroatoms. The second-order valence-electron chi connectivity index (χ2n) is 5.35. The van der Waals surface area contributed by atoms with Crippen LogP contribution < -0.4 is 5.73 Å². The maximum absolute atomic E-state index is 12.2. The summed E-state index contributed by atoms with van der Waals surface area (Å²) in [6.45, 7) is 2.90. The molecule has 0 aromatic heterocycles. The Morgan fingerprint density at radius 2 is 2.32 bits per heavy atom. The van der Waals surface area contributed by atoms with E-state index in [1.807, 2.05) is 17.0 Å². The van der Waals surface area contributed by atoms with Crippen molar-refractivity contribution in [3.8, 4) is 0 Å². The molecule has 2 atom stereocenters. The smallest absolute Gasteiger partial charge is 0.223 e. The van der Waals surface area contributed by atoms with E-state index in [1.54, 1.807) is 0 Å². The molecule has 1 aliphatic rings. The highest BCUT2D eigenvalue weighted by molar-refractivity contribution is 9.10. The van der Waals surface area contributed by atoms with Gasteiger partial charge in [-0.25, -0.2) is 0 Å². The number of hydrogen-bond donors (Lipinski definition) is 1. The molecule has 1 saturated heterocycles. The summed E-state index contributed by atoms with van der Waals surface area (Å²) >= 11 is 3.45. The number of nitrogens with two attached hydrogens (primary N) is 1. The zero-order valence-corrected chi connectivity index (χ0v) is 12.9. The fourth-order valence-corrected chi connectivity index (χ4v) is 3.11. The van der Waals surface area contributed by atoms with E-state index in [4.69, 9.17) is 5.73 Å². The van der Waals surface area contributed by atoms with Crippen molar-refractivity contribution in [1.29, 1.82) is 0 Å². The van der Waals surface area contributed by atoms with Crippen LogP contribution in [0.15, 0.2) is 28.7 Å². The van der Waals surface area contributed by atoms with E-state index < -0.39 is 0 Å². The van der Waals surface area contributed by atoms with E-state index in [9.17, 15) is 4.79 Å². The van der Waals surface area contributed by atoms with E-state index in [2.05, 4.69) is 35.0 Å². The maximum atomic E-state index is 12.2. The number of likely N-dealkylation sites (tertiary alicyclic amines) is 1. The lowest BCUT2D eigenvalue weighted by molar-refractivity contribution is -0.134. The first kappa shape index (κ1) is 14.5. The molecule has 1 heterocycles. The van der Waals surface area contributed by atoms with E-state index in [-0.39, 0.29) is 18.0 Å². The van der Waals surface area contributed by atoms with Crippen molar-refractivity contribution in [2.75, 3.05) is 6.54 Å². The van der Waals surface area contributed by atoms with Crippen molar-refractivity contribution in [3.63, 3.8) is 0 Å². The first-order chi connectivity index (χ1) is 9.06. The monoisotopic (exact) mass is 324 g/mol. The quantitative estimate of drug-likeness (QED) is 0.929. The van der Waals surface area contributed by atoms with Gasteiger partial charge in [-0.15, -0.1) is 0 Å². The number of hydrogen-bond acceptors (Lipinski definition) is 2. The Morgan fingerprint density at radius 1 is 1.53 bits per heavy atom. The van der Waals surface area contributed by atoms with Crippen molar-refractivity contribution in [3.05, 3.63) is 34.3 Å². The summed E-state index contributed by atoms with van der Waals surface area (Å²) in [6.07, 6.45) is 3.22. The van der Waals surface area contributed by atoms with Gasteiger partial charge < -0.3 is 10.6 Å². The van der Waals surface area contributed by atoms with Gasteiger partial charge in [-0.3, -0.25) is 4.79 Å². The van der Waals surface area contributed by atoms with Crippen molar-refractivity contribution in [2.45, 2.75) is 44.7 Å². The average Bonchev–Trinajstić information content (AvgIpc) is 2.36. The number of rotatable bonds is 3. The maximum Gasteiger partial charge on any atom is 0.223 e. The van der Waals surface area contributed by atoms with Crippen LogP contribution in [0.3, 0.4) is 0 Å². The lowest BCUT2D eigenvalue weighted by atomic mass is 9.98. The molecule has 0 unspecified atom stereocenters. The molecule has 1 fully saturated rings. The predicted octanol–water partition coefficient (Wildman–Crippen LogP) is 2.72. The third kappa shape index (κ3) is 4.05. The standard InChI is InChI=1S/C15H21BrN2O/c1-11-9-14(17)7-8-18(11)15(19)6-5-12-3-2-4-13(16)10-12/h2-4,10-11,14H,5-9,17H2,1H3/t11-,14-/m0/s1. The van der Waals surface area contributed by atoms with Gasteiger partial charge in [-0.05, 0) is 43.9 Å². The summed E-state index contributed by atoms with van der Waals surface area (Å²) in [4.78, 5) is 14.2. The Morgan fingerprint density at radius 3 is 3.00 bits per heavy atom. The van der Waals surface area contributed by atoms with Crippen LogP contribution in [0, 0.1) is 0 Å². The summed E-state index contributed by atoms with van der Waals surface area (Å²) in [7, 11) is 0. The molecular formula is C15H21BrN2O. The number of halogens is 1. The minimum absolute atomic E-state index is 0.249. The number of carbonyl (C=O) groups excluding carboxylic acids is 1. The van der Waals surface area contributed by atoms with Crippen molar-refractivity contribution >= 4 is 21.8 Å². The summed E-state index contributed by atoms with van der Waals surface area (Å²) in [6, 6.07) is 8.67. The van der Waals surface area contributed by atoms with Crippen molar-refractivity contribution < 1.29 is 4.79 Å². The molecule has 1 aromatic carbocycles. The second kappa shape index (κ2) is 6.53. The highest BCUT2D eigenvalue weighted by Crippen LogP contribution is 2.18. The molecule has 1 aliphatic heterocycles. The van der Waals surface area contributed by atoms with Crippen LogP contribution in [-0.4, -0.2) is 29.4 Å². The van der Waals surface area contributed by atoms with E-state index >= 15 is 0 Å². The highest BCUT2D eigenvalue weighted by atomic mass is 79.9. The molecule has 1 aromatic rings. The number of carbonyl (C=O) groups is 1. The fraction of sp³-hybridized carbons (Fsp3) is 0.533. The van der Waals surface area contributed by atoms with Gasteiger partial charge in [0.2, 0.25) is 5.91 Å². The predicted molar refractivity (Wildman–Crippen MR) is 80.8 cm³/mol. The summed E-state index contributed by atoms with van der Waals surface area (Å²) < 4.78 is 1.06. The molecule has 0 saturated carbocycles. The molecule has 0 aliphatic carbocycles. The molecule has 19 heavy (non-hydrogen) atoms. The second-order valence-corrected chi connectivity index (χ2v) is 6.27. The van der Waals surface area contributed by atoms with E-state index in [0.29, 0.717) is 6.42 Å². The van der Waals surface area contributed by atoms with Crippen LogP contribution in [0.4, 0.5) is 0 Å². The van der Waals surface area contributed by atoms with Gasteiger partial charge in [0.25, 0.3) is 0 Å². The lowest BCUT2D eigenvalue weighted by Crippen LogP contribution is -2.48. The van der Waals surface area contributed by atoms with Crippen LogP contribution in [0.5, 0.6) is 0 Å². The van der Waals surface area contributed by atoms with Gasteiger partial charge in [-0.1, -0.05) is 28.1 Å². The van der Waals surface area contributed by atoms with Crippen LogP contribution >= 0.6 is 15.9 Å². The third-order valence-electron chi connectivity index (χ3n) is 3.75. The fourth-order valence-electron chi connectivity index (χ4n) is 2.67. The molecule has 3 nitrogen and oxygen atoms in total. The zero-order valence-electron chi connectivity index (χ0n) is 11.3. The van der Waals surface area contributed by atoms with Gasteiger partial charge in [-0.2, -0.15) is 0 Å². The molecule has 0 spiro atoms. The first-order valence-electron chi connectivity index (χ1n) is 6.86. The van der Waals surface area contributed by atoms with Gasteiger partial charge in [0.1, 0.15) is 0 Å². The summed E-state index contributed by atoms with van der Waals surface area (Å²) in [5, 5.41) is 0. The SMILES string of the molecule is C[C@H]1C[C@@H](N)CCN1C(=O)CCc1cccc(Br)c1. The minimum Gasteiger partial charge on any atom is -0.340 e. The largest absolute Gasteiger partial charge is 0.340 e. The highest BCUT2D eigenvalue weighted by Gasteiger charge is 2.26. The summed E-state index contributed by atoms with van der Waals surface area (Å²) in [5.41, 5.74) is 7.12. The van der Waals surface area contributed by atoms with Gasteiger partial charge in [0.15, 0.2) is 0 Å². The van der Waals surface area contributed by atoms with Gasteiger partial charge in [0.05, 0.1) is 0 Å². The van der Waals surface area contributed by atoms with Crippen LogP contribution in [0.2, 0.25) is 0 Å². The average molecular weight is 325 g/mol. The first-order valence-corrected chi connectivity index (χ1v) is 7.65. The molecule has 0 bridgehead atoms. The van der Waals surface area contributed by atoms with E-state index in [1.165, 1.54) is 5.56 Å². The summed E-state index contributed by atoms with van der Waals surface area (Å²) in [5.74, 6) is 0.249. The molecule has 104 valence electrons. The Hall–Kier alpha value is -0.870. The van der Waals surface area contributed by atoms with Crippen LogP contribution in [-0.2, 0) is 11.2 Å². The van der Waals surface area contributed by atoms with E-state index in [0.717, 1.165) is 30.3 Å². The zero-order chi connectivity index (χ0) is 13.8. The Labute approximate surface area is 123 Å². The van der Waals surface area contributed by atoms with Crippen LogP contribution in [0.25, 0.3) is 0 Å². The molecule has 2 N–H and O–H groups in total. The Bertz CT molecular complexity index is 450. The lowest BCUT2D eigenvalue weighted by Gasteiger charge is -2.36. The number of piperidine rings is 1. The molecule has 2 rings (SSSR count). The number of nitrogens with zero attached hydrogens (tertiary/aromatic N) is 1. The number of amides is 1. The Kier molecular flexibility index (Phi) is 4.99. The number of benzene rings is 1. The minimum atomic E-state index is 0.249. The normalized spacial score (nSPS) is 23.4. The van der Waals surface area contributed by atoms with Crippen LogP contribution in [0.1, 0.15) is 31.7 Å². The molecule has 1 amide bonds. The Balaban J connectivity index is 1.87.